The predicted molar refractivity (Wildman–Crippen MR) is 69.8 cm³/mol. The summed E-state index contributed by atoms with van der Waals surface area (Å²) in [5.74, 6) is -0.991. The Morgan fingerprint density at radius 3 is 2.60 bits per heavy atom. The van der Waals surface area contributed by atoms with Crippen LogP contribution in [0.15, 0.2) is 6.07 Å². The molecular formula is C12H16N6O2. The Balaban J connectivity index is 2.48. The van der Waals surface area contributed by atoms with Crippen LogP contribution >= 0.6 is 0 Å². The van der Waals surface area contributed by atoms with Crippen LogP contribution in [0.25, 0.3) is 11.4 Å². The summed E-state index contributed by atoms with van der Waals surface area (Å²) < 4.78 is 1.52. The minimum absolute atomic E-state index is 0.370. The molecule has 20 heavy (non-hydrogen) atoms. The molecule has 106 valence electrons. The number of aliphatic carboxylic acids is 1. The summed E-state index contributed by atoms with van der Waals surface area (Å²) in [5, 5.41) is 28.7. The fraction of sp³-hybridized carbons (Fsp3) is 0.500. The topological polar surface area (TPSA) is 107 Å². The molecule has 0 aromatic carbocycles. The highest BCUT2D eigenvalue weighted by Crippen LogP contribution is 2.25. The molecule has 8 nitrogen and oxygen atoms in total. The second-order valence-corrected chi connectivity index (χ2v) is 4.80. The molecule has 0 amide bonds. The number of carbonyl (C=O) groups is 1. The van der Waals surface area contributed by atoms with E-state index in [0.29, 0.717) is 11.5 Å². The highest BCUT2D eigenvalue weighted by molar-refractivity contribution is 5.70. The monoisotopic (exact) mass is 276 g/mol. The SMILES string of the molecule is Cc1cc(-c2nnnn2C(C)C(C)C(=O)O)c(C)nn1. The Morgan fingerprint density at radius 2 is 1.95 bits per heavy atom. The van der Waals surface area contributed by atoms with Gasteiger partial charge in [0.1, 0.15) is 0 Å². The van der Waals surface area contributed by atoms with Crippen LogP contribution in [0.2, 0.25) is 0 Å². The molecule has 0 saturated carbocycles. The summed E-state index contributed by atoms with van der Waals surface area (Å²) in [6, 6.07) is 1.47. The fourth-order valence-electron chi connectivity index (χ4n) is 1.84. The quantitative estimate of drug-likeness (QED) is 0.888. The van der Waals surface area contributed by atoms with Crippen molar-refractivity contribution in [3.63, 3.8) is 0 Å². The number of hydrogen-bond donors (Lipinski definition) is 1. The van der Waals surface area contributed by atoms with Crippen molar-refractivity contribution in [2.75, 3.05) is 0 Å². The molecule has 2 aromatic heterocycles. The summed E-state index contributed by atoms with van der Waals surface area (Å²) in [7, 11) is 0. The van der Waals surface area contributed by atoms with E-state index in [2.05, 4.69) is 25.7 Å². The van der Waals surface area contributed by atoms with E-state index in [4.69, 9.17) is 5.11 Å². The lowest BCUT2D eigenvalue weighted by atomic mass is 10.0. The minimum Gasteiger partial charge on any atom is -0.481 e. The van der Waals surface area contributed by atoms with E-state index < -0.39 is 11.9 Å². The fourth-order valence-corrected chi connectivity index (χ4v) is 1.84. The molecule has 2 rings (SSSR count). The molecule has 2 heterocycles. The van der Waals surface area contributed by atoms with Crippen LogP contribution in [-0.2, 0) is 4.79 Å². The van der Waals surface area contributed by atoms with Crippen LogP contribution in [0.4, 0.5) is 0 Å². The van der Waals surface area contributed by atoms with E-state index in [-0.39, 0.29) is 6.04 Å². The first kappa shape index (κ1) is 14.0. The molecule has 0 saturated heterocycles. The Bertz CT molecular complexity index is 639. The summed E-state index contributed by atoms with van der Waals surface area (Å²) in [5.41, 5.74) is 2.20. The van der Waals surface area contributed by atoms with E-state index in [1.165, 1.54) is 4.68 Å². The zero-order valence-corrected chi connectivity index (χ0v) is 11.8. The first-order valence-corrected chi connectivity index (χ1v) is 6.23. The molecular weight excluding hydrogens is 260 g/mol. The van der Waals surface area contributed by atoms with Crippen LogP contribution in [-0.4, -0.2) is 41.5 Å². The van der Waals surface area contributed by atoms with E-state index >= 15 is 0 Å². The molecule has 2 atom stereocenters. The van der Waals surface area contributed by atoms with Gasteiger partial charge in [-0.1, -0.05) is 0 Å². The van der Waals surface area contributed by atoms with Crippen LogP contribution in [0.3, 0.4) is 0 Å². The summed E-state index contributed by atoms with van der Waals surface area (Å²) in [6.07, 6.45) is 0. The average Bonchev–Trinajstić information content (AvgIpc) is 2.88. The van der Waals surface area contributed by atoms with Crippen molar-refractivity contribution >= 4 is 5.97 Å². The maximum absolute atomic E-state index is 11.1. The van der Waals surface area contributed by atoms with Crippen LogP contribution in [0, 0.1) is 19.8 Å². The lowest BCUT2D eigenvalue weighted by Crippen LogP contribution is -2.23. The van der Waals surface area contributed by atoms with Gasteiger partial charge in [-0.25, -0.2) is 4.68 Å². The lowest BCUT2D eigenvalue weighted by molar-refractivity contribution is -0.142. The van der Waals surface area contributed by atoms with Crippen molar-refractivity contribution in [2.45, 2.75) is 33.7 Å². The highest BCUT2D eigenvalue weighted by Gasteiger charge is 2.25. The predicted octanol–water partition coefficient (Wildman–Crippen LogP) is 1.03. The number of rotatable bonds is 4. The Hall–Kier alpha value is -2.38. The second kappa shape index (κ2) is 5.32. The van der Waals surface area contributed by atoms with Crippen molar-refractivity contribution in [1.29, 1.82) is 0 Å². The molecule has 0 aliphatic carbocycles. The lowest BCUT2D eigenvalue weighted by Gasteiger charge is -2.17. The van der Waals surface area contributed by atoms with E-state index in [9.17, 15) is 4.79 Å². The third-order valence-electron chi connectivity index (χ3n) is 3.33. The number of nitrogens with zero attached hydrogens (tertiary/aromatic N) is 6. The summed E-state index contributed by atoms with van der Waals surface area (Å²) in [6.45, 7) is 7.04. The van der Waals surface area contributed by atoms with E-state index in [0.717, 1.165) is 11.3 Å². The molecule has 0 aliphatic rings. The third-order valence-corrected chi connectivity index (χ3v) is 3.33. The van der Waals surface area contributed by atoms with Crippen LogP contribution in [0.5, 0.6) is 0 Å². The zero-order chi connectivity index (χ0) is 14.9. The first-order chi connectivity index (χ1) is 9.41. The Kier molecular flexibility index (Phi) is 3.73. The van der Waals surface area contributed by atoms with Gasteiger partial charge in [0.05, 0.1) is 23.3 Å². The van der Waals surface area contributed by atoms with E-state index in [1.807, 2.05) is 19.9 Å². The summed E-state index contributed by atoms with van der Waals surface area (Å²) in [4.78, 5) is 11.1. The van der Waals surface area contributed by atoms with Crippen molar-refractivity contribution in [3.05, 3.63) is 17.5 Å². The van der Waals surface area contributed by atoms with Gasteiger partial charge in [0.25, 0.3) is 0 Å². The van der Waals surface area contributed by atoms with Crippen molar-refractivity contribution in [1.82, 2.24) is 30.4 Å². The molecule has 8 heteroatoms. The molecule has 2 unspecified atom stereocenters. The molecule has 0 bridgehead atoms. The second-order valence-electron chi connectivity index (χ2n) is 4.80. The van der Waals surface area contributed by atoms with Gasteiger partial charge < -0.3 is 5.11 Å². The van der Waals surface area contributed by atoms with Gasteiger partial charge in [-0.3, -0.25) is 4.79 Å². The smallest absolute Gasteiger partial charge is 0.308 e. The maximum atomic E-state index is 11.1. The third kappa shape index (κ3) is 2.49. The number of hydrogen-bond acceptors (Lipinski definition) is 6. The van der Waals surface area contributed by atoms with Gasteiger partial charge in [-0.05, 0) is 44.2 Å². The number of aromatic nitrogens is 6. The van der Waals surface area contributed by atoms with Gasteiger partial charge >= 0.3 is 5.97 Å². The zero-order valence-electron chi connectivity index (χ0n) is 11.8. The Morgan fingerprint density at radius 1 is 1.25 bits per heavy atom. The van der Waals surface area contributed by atoms with E-state index in [1.54, 1.807) is 13.8 Å². The maximum Gasteiger partial charge on any atom is 0.308 e. The number of aryl methyl sites for hydroxylation is 2. The molecule has 0 radical (unpaired) electrons. The highest BCUT2D eigenvalue weighted by atomic mass is 16.4. The molecule has 0 fully saturated rings. The van der Waals surface area contributed by atoms with Crippen molar-refractivity contribution < 1.29 is 9.90 Å². The van der Waals surface area contributed by atoms with Gasteiger partial charge in [0.2, 0.25) is 0 Å². The number of carboxylic acid groups (broad SMARTS) is 1. The van der Waals surface area contributed by atoms with Gasteiger partial charge in [-0.15, -0.1) is 5.10 Å². The number of tetrazole rings is 1. The summed E-state index contributed by atoms with van der Waals surface area (Å²) >= 11 is 0. The van der Waals surface area contributed by atoms with Gasteiger partial charge in [0.15, 0.2) is 5.82 Å². The molecule has 2 aromatic rings. The van der Waals surface area contributed by atoms with Crippen LogP contribution in [0.1, 0.15) is 31.3 Å². The molecule has 0 aliphatic heterocycles. The molecule has 1 N–H and O–H groups in total. The largest absolute Gasteiger partial charge is 0.481 e. The average molecular weight is 276 g/mol. The molecule has 0 spiro atoms. The number of carboxylic acids is 1. The Labute approximate surface area is 115 Å². The minimum atomic E-state index is -0.889. The van der Waals surface area contributed by atoms with Crippen molar-refractivity contribution in [3.8, 4) is 11.4 Å². The van der Waals surface area contributed by atoms with Crippen molar-refractivity contribution in [2.24, 2.45) is 5.92 Å². The van der Waals surface area contributed by atoms with Gasteiger partial charge in [-0.2, -0.15) is 10.2 Å². The first-order valence-electron chi connectivity index (χ1n) is 6.23. The normalized spacial score (nSPS) is 14.0. The standard InChI is InChI=1S/C12H16N6O2/c1-6-5-10(8(3)14-13-6)11-15-16-17-18(11)9(4)7(2)12(19)20/h5,7,9H,1-4H3,(H,19,20). The van der Waals surface area contributed by atoms with Gasteiger partial charge in [0, 0.05) is 5.56 Å². The van der Waals surface area contributed by atoms with Crippen LogP contribution < -0.4 is 0 Å².